The molecule has 1 aliphatic rings. The average molecular weight is 299 g/mol. The quantitative estimate of drug-likeness (QED) is 0.332. The molecule has 1 fully saturated rings. The summed E-state index contributed by atoms with van der Waals surface area (Å²) in [6.45, 7) is 0. The Bertz CT molecular complexity index is 624. The summed E-state index contributed by atoms with van der Waals surface area (Å²) < 4.78 is 5.41. The Labute approximate surface area is 128 Å². The molecule has 1 saturated carbocycles. The van der Waals surface area contributed by atoms with E-state index in [-0.39, 0.29) is 17.8 Å². The van der Waals surface area contributed by atoms with Gasteiger partial charge >= 0.3 is 5.97 Å². The smallest absolute Gasteiger partial charge is 0.338 e. The number of carbonyl (C=O) groups excluding carboxylic acids is 1. The van der Waals surface area contributed by atoms with Crippen molar-refractivity contribution in [2.24, 2.45) is 10.8 Å². The molecule has 0 aromatic heterocycles. The van der Waals surface area contributed by atoms with Crippen LogP contribution in [-0.4, -0.2) is 23.6 Å². The molecule has 22 heavy (non-hydrogen) atoms. The average Bonchev–Trinajstić information content (AvgIpc) is 3.01. The Morgan fingerprint density at radius 2 is 2.00 bits per heavy atom. The zero-order chi connectivity index (χ0) is 15.9. The Morgan fingerprint density at radius 1 is 1.36 bits per heavy atom. The molecule has 0 bridgehead atoms. The fourth-order valence-electron chi connectivity index (χ4n) is 2.17. The minimum absolute atomic E-state index is 0.0312. The molecule has 0 radical (unpaired) electrons. The van der Waals surface area contributed by atoms with Gasteiger partial charge in [0.1, 0.15) is 12.2 Å². The summed E-state index contributed by atoms with van der Waals surface area (Å²) in [5.41, 5.74) is 8.63. The monoisotopic (exact) mass is 299 g/mol. The van der Waals surface area contributed by atoms with Gasteiger partial charge in [0, 0.05) is 0 Å². The second-order valence-corrected chi connectivity index (χ2v) is 4.99. The summed E-state index contributed by atoms with van der Waals surface area (Å²) in [5, 5.41) is 19.6. The van der Waals surface area contributed by atoms with Crippen LogP contribution >= 0.6 is 0 Å². The third-order valence-corrected chi connectivity index (χ3v) is 3.35. The first-order valence-electron chi connectivity index (χ1n) is 6.99. The van der Waals surface area contributed by atoms with Crippen LogP contribution in [0.5, 0.6) is 0 Å². The number of amidine groups is 1. The molecular weight excluding hydrogens is 282 g/mol. The largest absolute Gasteiger partial charge is 0.459 e. The van der Waals surface area contributed by atoms with E-state index >= 15 is 0 Å². The predicted octanol–water partition coefficient (Wildman–Crippen LogP) is 2.01. The third kappa shape index (κ3) is 4.06. The second kappa shape index (κ2) is 7.22. The van der Waals surface area contributed by atoms with Crippen LogP contribution in [0.1, 0.15) is 36.0 Å². The van der Waals surface area contributed by atoms with Crippen molar-refractivity contribution in [3.05, 3.63) is 29.8 Å². The van der Waals surface area contributed by atoms with Crippen LogP contribution in [0.15, 0.2) is 29.4 Å². The van der Waals surface area contributed by atoms with Crippen molar-refractivity contribution in [2.45, 2.75) is 31.8 Å². The number of anilines is 1. The Hall–Kier alpha value is -2.88. The summed E-state index contributed by atoms with van der Waals surface area (Å²) in [4.78, 5) is 12.0. The zero-order valence-corrected chi connectivity index (χ0v) is 12.0. The van der Waals surface area contributed by atoms with Crippen LogP contribution in [0.4, 0.5) is 5.69 Å². The van der Waals surface area contributed by atoms with Crippen LogP contribution < -0.4 is 11.2 Å². The Balaban J connectivity index is 1.96. The van der Waals surface area contributed by atoms with E-state index in [4.69, 9.17) is 21.1 Å². The van der Waals surface area contributed by atoms with E-state index in [0.29, 0.717) is 11.3 Å². The molecule has 0 aliphatic heterocycles. The number of hydrogen-bond donors (Lipinski definition) is 3. The first-order chi connectivity index (χ1) is 10.6. The Kier molecular flexibility index (Phi) is 5.09. The number of hydrazone groups is 1. The molecular formula is C15H17N5O2. The van der Waals surface area contributed by atoms with E-state index in [1.807, 2.05) is 0 Å². The fourth-order valence-corrected chi connectivity index (χ4v) is 2.17. The van der Waals surface area contributed by atoms with E-state index in [0.717, 1.165) is 25.7 Å². The van der Waals surface area contributed by atoms with E-state index in [9.17, 15) is 4.79 Å². The summed E-state index contributed by atoms with van der Waals surface area (Å²) in [6, 6.07) is 8.23. The molecule has 7 heteroatoms. The summed E-state index contributed by atoms with van der Waals surface area (Å²) in [6.07, 6.45) is 4.11. The van der Waals surface area contributed by atoms with E-state index in [1.54, 1.807) is 30.3 Å². The van der Waals surface area contributed by atoms with Gasteiger partial charge in [-0.15, -0.1) is 0 Å². The number of nitrogens with two attached hydrogens (primary N) is 1. The van der Waals surface area contributed by atoms with Gasteiger partial charge in [0.05, 0.1) is 11.3 Å². The molecule has 1 aliphatic carbocycles. The van der Waals surface area contributed by atoms with Gasteiger partial charge in [-0.1, -0.05) is 0 Å². The number of nitrogens with zero attached hydrogens (tertiary/aromatic N) is 2. The number of ether oxygens (including phenoxy) is 1. The molecule has 0 saturated heterocycles. The number of nitrogens with one attached hydrogen (secondary N) is 2. The third-order valence-electron chi connectivity index (χ3n) is 3.35. The number of rotatable bonds is 5. The molecule has 0 heterocycles. The maximum absolute atomic E-state index is 12.0. The lowest BCUT2D eigenvalue weighted by molar-refractivity contribution is 0.0318. The van der Waals surface area contributed by atoms with Crippen molar-refractivity contribution in [3.8, 4) is 6.07 Å². The van der Waals surface area contributed by atoms with Crippen molar-refractivity contribution in [3.63, 3.8) is 0 Å². The minimum atomic E-state index is -0.410. The molecule has 114 valence electrons. The van der Waals surface area contributed by atoms with Crippen molar-refractivity contribution < 1.29 is 9.53 Å². The highest BCUT2D eigenvalue weighted by molar-refractivity contribution is 6.45. The molecule has 7 nitrogen and oxygen atoms in total. The van der Waals surface area contributed by atoms with Gasteiger partial charge in [-0.05, 0) is 49.9 Å². The van der Waals surface area contributed by atoms with Crippen molar-refractivity contribution in [1.82, 2.24) is 0 Å². The highest BCUT2D eigenvalue weighted by Gasteiger charge is 2.19. The molecule has 0 unspecified atom stereocenters. The lowest BCUT2D eigenvalue weighted by Gasteiger charge is -2.11. The standard InChI is InChI=1S/C15H17N5O2/c16-9-13(14(17)18)20-19-11-7-5-10(6-8-11)15(21)22-12-3-1-2-4-12/h5-8,12,19H,1-4H2,(H3,17,18)/b20-13+. The predicted molar refractivity (Wildman–Crippen MR) is 82.7 cm³/mol. The van der Waals surface area contributed by atoms with Crippen LogP contribution in [0.3, 0.4) is 0 Å². The molecule has 0 atom stereocenters. The zero-order valence-electron chi connectivity index (χ0n) is 12.0. The number of hydrogen-bond acceptors (Lipinski definition) is 6. The highest BCUT2D eigenvalue weighted by Crippen LogP contribution is 2.22. The number of esters is 1. The van der Waals surface area contributed by atoms with Crippen molar-refractivity contribution in [1.29, 1.82) is 10.7 Å². The van der Waals surface area contributed by atoms with Crippen molar-refractivity contribution in [2.75, 3.05) is 5.43 Å². The van der Waals surface area contributed by atoms with Gasteiger partial charge in [-0.2, -0.15) is 10.4 Å². The molecule has 4 N–H and O–H groups in total. The molecule has 0 spiro atoms. The molecule has 2 rings (SSSR count). The molecule has 1 aromatic rings. The van der Waals surface area contributed by atoms with Gasteiger partial charge in [0.25, 0.3) is 0 Å². The topological polar surface area (TPSA) is 124 Å². The highest BCUT2D eigenvalue weighted by atomic mass is 16.5. The minimum Gasteiger partial charge on any atom is -0.459 e. The van der Waals surface area contributed by atoms with E-state index < -0.39 is 5.84 Å². The van der Waals surface area contributed by atoms with Gasteiger partial charge in [-0.3, -0.25) is 10.8 Å². The lowest BCUT2D eigenvalue weighted by Crippen LogP contribution is -2.21. The maximum atomic E-state index is 12.0. The normalized spacial score (nSPS) is 15.1. The van der Waals surface area contributed by atoms with Crippen LogP contribution in [0.25, 0.3) is 0 Å². The summed E-state index contributed by atoms with van der Waals surface area (Å²) >= 11 is 0. The van der Waals surface area contributed by atoms with Crippen LogP contribution in [0.2, 0.25) is 0 Å². The van der Waals surface area contributed by atoms with Gasteiger partial charge in [-0.25, -0.2) is 4.79 Å². The van der Waals surface area contributed by atoms with E-state index in [1.165, 1.54) is 0 Å². The van der Waals surface area contributed by atoms with E-state index in [2.05, 4.69) is 10.5 Å². The SMILES string of the molecule is N#C/C(=N\Nc1ccc(C(=O)OC2CCCC2)cc1)C(=N)N. The van der Waals surface area contributed by atoms with Crippen LogP contribution in [-0.2, 0) is 4.74 Å². The van der Waals surface area contributed by atoms with Gasteiger partial charge in [0.2, 0.25) is 5.71 Å². The fraction of sp³-hybridized carbons (Fsp3) is 0.333. The van der Waals surface area contributed by atoms with Gasteiger partial charge in [0.15, 0.2) is 5.84 Å². The number of benzene rings is 1. The number of nitriles is 1. The molecule has 0 amide bonds. The Morgan fingerprint density at radius 3 is 2.55 bits per heavy atom. The van der Waals surface area contributed by atoms with Gasteiger partial charge < -0.3 is 10.5 Å². The molecule has 1 aromatic carbocycles. The first-order valence-corrected chi connectivity index (χ1v) is 6.99. The lowest BCUT2D eigenvalue weighted by atomic mass is 10.2. The summed E-state index contributed by atoms with van der Waals surface area (Å²) in [5.74, 6) is -0.741. The summed E-state index contributed by atoms with van der Waals surface area (Å²) in [7, 11) is 0. The second-order valence-electron chi connectivity index (χ2n) is 4.99. The first kappa shape index (κ1) is 15.5. The van der Waals surface area contributed by atoms with Crippen LogP contribution in [0, 0.1) is 16.7 Å². The van der Waals surface area contributed by atoms with Crippen molar-refractivity contribution >= 4 is 23.2 Å². The maximum Gasteiger partial charge on any atom is 0.338 e. The number of carbonyl (C=O) groups is 1.